The first-order valence-electron chi connectivity index (χ1n) is 4.90. The van der Waals surface area contributed by atoms with E-state index in [-0.39, 0.29) is 6.61 Å². The van der Waals surface area contributed by atoms with Crippen LogP contribution in [0.2, 0.25) is 5.02 Å². The Morgan fingerprint density at radius 1 is 1.60 bits per heavy atom. The zero-order chi connectivity index (χ0) is 11.3. The molecule has 0 saturated heterocycles. The van der Waals surface area contributed by atoms with Crippen molar-refractivity contribution in [2.45, 2.75) is 19.4 Å². The van der Waals surface area contributed by atoms with Gasteiger partial charge in [-0.05, 0) is 30.8 Å². The molecule has 1 aromatic heterocycles. The highest BCUT2D eigenvalue weighted by Crippen LogP contribution is 2.31. The predicted molar refractivity (Wildman–Crippen MR) is 63.6 cm³/mol. The van der Waals surface area contributed by atoms with Crippen molar-refractivity contribution in [1.82, 2.24) is 5.32 Å². The van der Waals surface area contributed by atoms with E-state index in [1.54, 1.807) is 0 Å². The molecule has 3 N–H and O–H groups in total. The van der Waals surface area contributed by atoms with Crippen LogP contribution < -0.4 is 5.32 Å². The van der Waals surface area contributed by atoms with E-state index in [1.165, 1.54) is 11.3 Å². The third kappa shape index (κ3) is 3.74. The van der Waals surface area contributed by atoms with Crippen molar-refractivity contribution in [2.24, 2.45) is 0 Å². The number of aliphatic hydroxyl groups excluding tert-OH is 2. The fourth-order valence-electron chi connectivity index (χ4n) is 1.21. The summed E-state index contributed by atoms with van der Waals surface area (Å²) in [5, 5.41) is 24.1. The molecule has 1 atom stereocenters. The lowest BCUT2D eigenvalue weighted by Gasteiger charge is -2.10. The van der Waals surface area contributed by atoms with Crippen LogP contribution in [0.4, 0.5) is 0 Å². The number of hydrogen-bond donors (Lipinski definition) is 3. The Balaban J connectivity index is 2.40. The van der Waals surface area contributed by atoms with Gasteiger partial charge < -0.3 is 15.5 Å². The third-order valence-corrected chi connectivity index (χ3v) is 3.89. The maximum Gasteiger partial charge on any atom is 0.102 e. The van der Waals surface area contributed by atoms with Gasteiger partial charge in [-0.2, -0.15) is 0 Å². The summed E-state index contributed by atoms with van der Waals surface area (Å²) < 4.78 is 0. The first-order chi connectivity index (χ1) is 7.16. The monoisotopic (exact) mass is 249 g/mol. The Kier molecular flexibility index (Phi) is 5.56. The van der Waals surface area contributed by atoms with E-state index in [1.807, 2.05) is 12.3 Å². The molecule has 0 fully saturated rings. The van der Waals surface area contributed by atoms with Crippen LogP contribution >= 0.6 is 22.9 Å². The highest BCUT2D eigenvalue weighted by atomic mass is 35.5. The van der Waals surface area contributed by atoms with Gasteiger partial charge in [0.15, 0.2) is 0 Å². The van der Waals surface area contributed by atoms with E-state index in [0.717, 1.165) is 10.4 Å². The predicted octanol–water partition coefficient (Wildman–Crippen LogP) is 1.72. The first-order valence-corrected chi connectivity index (χ1v) is 6.15. The number of nitrogens with one attached hydrogen (secondary N) is 1. The summed E-state index contributed by atoms with van der Waals surface area (Å²) in [7, 11) is 0. The minimum Gasteiger partial charge on any atom is -0.396 e. The fourth-order valence-corrected chi connectivity index (χ4v) is 2.52. The molecule has 0 saturated carbocycles. The molecule has 3 nitrogen and oxygen atoms in total. The van der Waals surface area contributed by atoms with Crippen molar-refractivity contribution in [2.75, 3.05) is 19.7 Å². The number of aryl methyl sites for hydroxylation is 1. The highest BCUT2D eigenvalue weighted by Gasteiger charge is 2.14. The van der Waals surface area contributed by atoms with Crippen LogP contribution in [0.1, 0.15) is 23.0 Å². The smallest absolute Gasteiger partial charge is 0.102 e. The quantitative estimate of drug-likeness (QED) is 0.673. The summed E-state index contributed by atoms with van der Waals surface area (Å²) in [5.74, 6) is 0. The molecule has 0 aliphatic carbocycles. The number of hydrogen-bond acceptors (Lipinski definition) is 4. The molecule has 15 heavy (non-hydrogen) atoms. The van der Waals surface area contributed by atoms with Crippen molar-refractivity contribution >= 4 is 22.9 Å². The van der Waals surface area contributed by atoms with E-state index < -0.39 is 6.10 Å². The molecule has 1 aromatic rings. The Morgan fingerprint density at radius 2 is 2.33 bits per heavy atom. The van der Waals surface area contributed by atoms with Crippen molar-refractivity contribution < 1.29 is 10.2 Å². The van der Waals surface area contributed by atoms with Gasteiger partial charge in [0, 0.05) is 13.2 Å². The average Bonchev–Trinajstić information content (AvgIpc) is 2.55. The van der Waals surface area contributed by atoms with Crippen LogP contribution in [0.3, 0.4) is 0 Å². The van der Waals surface area contributed by atoms with Crippen LogP contribution in [0.5, 0.6) is 0 Å². The van der Waals surface area contributed by atoms with Crippen LogP contribution in [0.15, 0.2) is 5.38 Å². The van der Waals surface area contributed by atoms with Crippen molar-refractivity contribution in [1.29, 1.82) is 0 Å². The molecule has 0 amide bonds. The second kappa shape index (κ2) is 6.45. The topological polar surface area (TPSA) is 52.5 Å². The zero-order valence-corrected chi connectivity index (χ0v) is 10.2. The molecular formula is C10H16ClNO2S. The summed E-state index contributed by atoms with van der Waals surface area (Å²) in [4.78, 5) is 0.811. The maximum absolute atomic E-state index is 9.81. The van der Waals surface area contributed by atoms with Crippen molar-refractivity contribution in [3.63, 3.8) is 0 Å². The number of halogens is 1. The zero-order valence-electron chi connectivity index (χ0n) is 8.66. The largest absolute Gasteiger partial charge is 0.396 e. The minimum absolute atomic E-state index is 0.169. The van der Waals surface area contributed by atoms with Gasteiger partial charge in [0.25, 0.3) is 0 Å². The van der Waals surface area contributed by atoms with Crippen molar-refractivity contribution in [3.8, 4) is 0 Å². The summed E-state index contributed by atoms with van der Waals surface area (Å²) in [6, 6.07) is 0. The molecular weight excluding hydrogens is 234 g/mol. The molecule has 0 aliphatic rings. The summed E-state index contributed by atoms with van der Waals surface area (Å²) in [6.07, 6.45) is 0.138. The van der Waals surface area contributed by atoms with E-state index >= 15 is 0 Å². The van der Waals surface area contributed by atoms with Crippen LogP contribution in [-0.4, -0.2) is 29.9 Å². The van der Waals surface area contributed by atoms with Crippen LogP contribution in [-0.2, 0) is 0 Å². The SMILES string of the molecule is Cc1csc(C(O)CNCCCO)c1Cl. The lowest BCUT2D eigenvalue weighted by atomic mass is 10.2. The minimum atomic E-state index is -0.560. The summed E-state index contributed by atoms with van der Waals surface area (Å²) >= 11 is 7.50. The van der Waals surface area contributed by atoms with Crippen LogP contribution in [0.25, 0.3) is 0 Å². The van der Waals surface area contributed by atoms with Gasteiger partial charge in [-0.1, -0.05) is 11.6 Å². The van der Waals surface area contributed by atoms with Gasteiger partial charge >= 0.3 is 0 Å². The lowest BCUT2D eigenvalue weighted by Crippen LogP contribution is -2.22. The van der Waals surface area contributed by atoms with E-state index in [0.29, 0.717) is 24.5 Å². The summed E-state index contributed by atoms with van der Waals surface area (Å²) in [5.41, 5.74) is 1.01. The Hall–Kier alpha value is -0.130. The molecule has 1 rings (SSSR count). The number of thiophene rings is 1. The number of rotatable bonds is 6. The van der Waals surface area contributed by atoms with Crippen LogP contribution in [0, 0.1) is 6.92 Å². The van der Waals surface area contributed by atoms with E-state index in [9.17, 15) is 5.11 Å². The second-order valence-electron chi connectivity index (χ2n) is 3.39. The normalized spacial score (nSPS) is 13.1. The molecule has 0 aromatic carbocycles. The molecule has 1 heterocycles. The van der Waals surface area contributed by atoms with Gasteiger partial charge in [0.05, 0.1) is 9.90 Å². The van der Waals surface area contributed by atoms with Gasteiger partial charge in [-0.3, -0.25) is 0 Å². The van der Waals surface area contributed by atoms with Gasteiger partial charge in [0.1, 0.15) is 6.10 Å². The highest BCUT2D eigenvalue weighted by molar-refractivity contribution is 7.10. The Bertz CT molecular complexity index is 304. The fraction of sp³-hybridized carbons (Fsp3) is 0.600. The number of aliphatic hydroxyl groups is 2. The first kappa shape index (κ1) is 12.9. The average molecular weight is 250 g/mol. The Labute approximate surface area is 98.7 Å². The van der Waals surface area contributed by atoms with E-state index in [4.69, 9.17) is 16.7 Å². The Morgan fingerprint density at radius 3 is 2.87 bits per heavy atom. The molecule has 0 radical (unpaired) electrons. The lowest BCUT2D eigenvalue weighted by molar-refractivity contribution is 0.177. The maximum atomic E-state index is 9.81. The molecule has 0 spiro atoms. The van der Waals surface area contributed by atoms with E-state index in [2.05, 4.69) is 5.32 Å². The molecule has 86 valence electrons. The van der Waals surface area contributed by atoms with Gasteiger partial charge in [-0.15, -0.1) is 11.3 Å². The molecule has 1 unspecified atom stereocenters. The summed E-state index contributed by atoms with van der Waals surface area (Å²) in [6.45, 7) is 3.27. The van der Waals surface area contributed by atoms with Gasteiger partial charge in [0.2, 0.25) is 0 Å². The molecule has 0 bridgehead atoms. The third-order valence-electron chi connectivity index (χ3n) is 2.08. The van der Waals surface area contributed by atoms with Gasteiger partial charge in [-0.25, -0.2) is 0 Å². The standard InChI is InChI=1S/C10H16ClNO2S/c1-7-6-15-10(9(7)11)8(14)5-12-3-2-4-13/h6,8,12-14H,2-5H2,1H3. The second-order valence-corrected chi connectivity index (χ2v) is 4.68. The van der Waals surface area contributed by atoms with Crippen molar-refractivity contribution in [3.05, 3.63) is 20.8 Å². The molecule has 5 heteroatoms. The molecule has 0 aliphatic heterocycles.